The number of ether oxygens (including phenoxy) is 2. The first-order valence-electron chi connectivity index (χ1n) is 19.8. The van der Waals surface area contributed by atoms with Gasteiger partial charge in [0.15, 0.2) is 0 Å². The third-order valence-electron chi connectivity index (χ3n) is 9.11. The molecule has 45 heavy (non-hydrogen) atoms. The van der Waals surface area contributed by atoms with E-state index in [0.717, 1.165) is 58.4 Å². The Morgan fingerprint density at radius 1 is 0.467 bits per heavy atom. The average molecular weight is 628 g/mol. The molecule has 262 valence electrons. The van der Waals surface area contributed by atoms with Gasteiger partial charge in [-0.25, -0.2) is 0 Å². The van der Waals surface area contributed by atoms with Gasteiger partial charge < -0.3 is 14.4 Å². The summed E-state index contributed by atoms with van der Waals surface area (Å²) in [4.78, 5) is 2.39. The van der Waals surface area contributed by atoms with Crippen LogP contribution >= 0.6 is 0 Å². The van der Waals surface area contributed by atoms with Gasteiger partial charge in [0.05, 0.1) is 18.8 Å². The van der Waals surface area contributed by atoms with Crippen LogP contribution in [-0.2, 0) is 9.47 Å². The van der Waals surface area contributed by atoms with Gasteiger partial charge in [0, 0.05) is 19.7 Å². The molecular weight excluding hydrogens is 550 g/mol. The molecule has 0 aromatic rings. The molecule has 2 unspecified atom stereocenters. The van der Waals surface area contributed by atoms with E-state index in [0.29, 0.717) is 0 Å². The van der Waals surface area contributed by atoms with Crippen LogP contribution < -0.4 is 0 Å². The first-order valence-corrected chi connectivity index (χ1v) is 19.8. The minimum Gasteiger partial charge on any atom is -0.375 e. The van der Waals surface area contributed by atoms with E-state index in [1.807, 2.05) is 0 Å². The lowest BCUT2D eigenvalue weighted by molar-refractivity contribution is -0.0907. The topological polar surface area (TPSA) is 21.7 Å². The summed E-state index contributed by atoms with van der Waals surface area (Å²) in [5, 5.41) is 0. The minimum atomic E-state index is 0.264. The van der Waals surface area contributed by atoms with E-state index >= 15 is 0 Å². The van der Waals surface area contributed by atoms with Crippen molar-refractivity contribution in [1.29, 1.82) is 0 Å². The summed E-state index contributed by atoms with van der Waals surface area (Å²) in [6, 6.07) is 0. The van der Waals surface area contributed by atoms with Crippen LogP contribution in [0.3, 0.4) is 0 Å². The van der Waals surface area contributed by atoms with Crippen molar-refractivity contribution in [3.8, 4) is 0 Å². The van der Waals surface area contributed by atoms with Crippen LogP contribution in [0.1, 0.15) is 174 Å². The first-order chi connectivity index (χ1) is 22.3. The fraction of sp³-hybridized carbons (Fsp3) is 0.810. The summed E-state index contributed by atoms with van der Waals surface area (Å²) in [5.41, 5.74) is 0. The molecule has 0 aliphatic carbocycles. The number of likely N-dealkylation sites (N-methyl/N-ethyl adjacent to an activating group) is 1. The quantitative estimate of drug-likeness (QED) is 0.0636. The fourth-order valence-electron chi connectivity index (χ4n) is 6.11. The zero-order valence-corrected chi connectivity index (χ0v) is 30.5. The van der Waals surface area contributed by atoms with Crippen LogP contribution in [-0.4, -0.2) is 50.5 Å². The Morgan fingerprint density at radius 3 is 1.33 bits per heavy atom. The highest BCUT2D eigenvalue weighted by Gasteiger charge is 2.23. The van der Waals surface area contributed by atoms with E-state index in [1.54, 1.807) is 0 Å². The average Bonchev–Trinajstić information content (AvgIpc) is 3.04. The van der Waals surface area contributed by atoms with Gasteiger partial charge in [-0.15, -0.1) is 0 Å². The summed E-state index contributed by atoms with van der Waals surface area (Å²) < 4.78 is 13.0. The molecule has 1 fully saturated rings. The van der Waals surface area contributed by atoms with E-state index in [1.165, 1.54) is 128 Å². The number of allylic oxidation sites excluding steroid dienone is 8. The standard InChI is InChI=1S/C42H77NO2/c1-4-6-8-10-12-14-16-18-20-22-24-26-28-30-32-35-41-42(45-40-38-43(3)37-34-39-44-41)36-33-31-29-27-25-23-21-19-17-15-13-11-9-7-5-2/h12-15,18-21,41-42H,4-11,16-17,22-40H2,1-3H3/b14-12-,15-13-,20-18-,21-19-. The SMILES string of the molecule is CCCCC/C=C\C/C=C\CCCCCCCC1OCCCN(C)CCOC1CCCCCCC/C=C\C/C=C\CCCCC. The van der Waals surface area contributed by atoms with E-state index in [4.69, 9.17) is 9.47 Å². The van der Waals surface area contributed by atoms with Gasteiger partial charge in [-0.1, -0.05) is 140 Å². The third kappa shape index (κ3) is 28.8. The number of hydrogen-bond acceptors (Lipinski definition) is 3. The predicted molar refractivity (Wildman–Crippen MR) is 200 cm³/mol. The van der Waals surface area contributed by atoms with Crippen molar-refractivity contribution in [2.24, 2.45) is 0 Å². The highest BCUT2D eigenvalue weighted by Crippen LogP contribution is 2.21. The van der Waals surface area contributed by atoms with Crippen molar-refractivity contribution in [1.82, 2.24) is 4.90 Å². The van der Waals surface area contributed by atoms with Gasteiger partial charge in [-0.05, 0) is 90.5 Å². The second-order valence-electron chi connectivity index (χ2n) is 13.5. The zero-order valence-electron chi connectivity index (χ0n) is 30.5. The van der Waals surface area contributed by atoms with Crippen molar-refractivity contribution in [3.63, 3.8) is 0 Å². The maximum Gasteiger partial charge on any atom is 0.0837 e. The lowest BCUT2D eigenvalue weighted by Crippen LogP contribution is -2.37. The zero-order chi connectivity index (χ0) is 32.3. The van der Waals surface area contributed by atoms with Crippen molar-refractivity contribution < 1.29 is 9.47 Å². The Morgan fingerprint density at radius 2 is 0.867 bits per heavy atom. The van der Waals surface area contributed by atoms with Crippen molar-refractivity contribution >= 4 is 0 Å². The first kappa shape index (κ1) is 41.9. The molecule has 0 N–H and O–H groups in total. The molecule has 0 amide bonds. The van der Waals surface area contributed by atoms with E-state index in [9.17, 15) is 0 Å². The molecule has 3 heteroatoms. The molecule has 1 heterocycles. The number of hydrogen-bond donors (Lipinski definition) is 0. The Labute approximate surface area is 282 Å². The minimum absolute atomic E-state index is 0.264. The van der Waals surface area contributed by atoms with E-state index in [2.05, 4.69) is 74.4 Å². The fourth-order valence-corrected chi connectivity index (χ4v) is 6.11. The lowest BCUT2D eigenvalue weighted by Gasteiger charge is -2.30. The summed E-state index contributed by atoms with van der Waals surface area (Å²) in [5.74, 6) is 0. The van der Waals surface area contributed by atoms with Gasteiger partial charge in [0.25, 0.3) is 0 Å². The van der Waals surface area contributed by atoms with Crippen LogP contribution in [0.4, 0.5) is 0 Å². The smallest absolute Gasteiger partial charge is 0.0837 e. The largest absolute Gasteiger partial charge is 0.375 e. The maximum absolute atomic E-state index is 6.50. The molecule has 1 aliphatic heterocycles. The van der Waals surface area contributed by atoms with Crippen LogP contribution in [0.2, 0.25) is 0 Å². The highest BCUT2D eigenvalue weighted by molar-refractivity contribution is 4.93. The van der Waals surface area contributed by atoms with E-state index < -0.39 is 0 Å². The van der Waals surface area contributed by atoms with Crippen molar-refractivity contribution in [2.45, 2.75) is 187 Å². The monoisotopic (exact) mass is 628 g/mol. The molecular formula is C42H77NO2. The van der Waals surface area contributed by atoms with Crippen LogP contribution in [0.15, 0.2) is 48.6 Å². The summed E-state index contributed by atoms with van der Waals surface area (Å²) in [7, 11) is 2.21. The van der Waals surface area contributed by atoms with Crippen LogP contribution in [0.5, 0.6) is 0 Å². The third-order valence-corrected chi connectivity index (χ3v) is 9.11. The second kappa shape index (κ2) is 34.2. The summed E-state index contributed by atoms with van der Waals surface area (Å²) in [6.07, 6.45) is 51.2. The maximum atomic E-state index is 6.50. The molecule has 3 nitrogen and oxygen atoms in total. The normalized spacial score (nSPS) is 19.2. The van der Waals surface area contributed by atoms with Gasteiger partial charge in [-0.2, -0.15) is 0 Å². The van der Waals surface area contributed by atoms with Crippen LogP contribution in [0, 0.1) is 0 Å². The van der Waals surface area contributed by atoms with Crippen LogP contribution in [0.25, 0.3) is 0 Å². The summed E-state index contributed by atoms with van der Waals surface area (Å²) in [6.45, 7) is 8.39. The molecule has 1 saturated heterocycles. The molecule has 0 saturated carbocycles. The predicted octanol–water partition coefficient (Wildman–Crippen LogP) is 12.7. The number of nitrogens with zero attached hydrogens (tertiary/aromatic N) is 1. The number of rotatable bonds is 28. The molecule has 1 rings (SSSR count). The molecule has 0 aromatic carbocycles. The lowest BCUT2D eigenvalue weighted by atomic mass is 9.99. The molecule has 1 aliphatic rings. The molecule has 0 radical (unpaired) electrons. The van der Waals surface area contributed by atoms with E-state index in [-0.39, 0.29) is 12.2 Å². The van der Waals surface area contributed by atoms with Crippen molar-refractivity contribution in [2.75, 3.05) is 33.4 Å². The Kier molecular flexibility index (Phi) is 31.8. The van der Waals surface area contributed by atoms with Crippen molar-refractivity contribution in [3.05, 3.63) is 48.6 Å². The molecule has 0 spiro atoms. The molecule has 0 aromatic heterocycles. The number of unbranched alkanes of at least 4 members (excludes halogenated alkanes) is 16. The molecule has 0 bridgehead atoms. The highest BCUT2D eigenvalue weighted by atomic mass is 16.5. The Bertz CT molecular complexity index is 711. The van der Waals surface area contributed by atoms with Gasteiger partial charge >= 0.3 is 0 Å². The Balaban J connectivity index is 2.20. The summed E-state index contributed by atoms with van der Waals surface area (Å²) >= 11 is 0. The van der Waals surface area contributed by atoms with Gasteiger partial charge in [-0.3, -0.25) is 0 Å². The Hall–Kier alpha value is -1.16. The van der Waals surface area contributed by atoms with Gasteiger partial charge in [0.1, 0.15) is 0 Å². The molecule has 2 atom stereocenters. The van der Waals surface area contributed by atoms with Gasteiger partial charge in [0.2, 0.25) is 0 Å². The second-order valence-corrected chi connectivity index (χ2v) is 13.5.